The summed E-state index contributed by atoms with van der Waals surface area (Å²) in [5, 5.41) is 0.754. The fraction of sp³-hybridized carbons (Fsp3) is 0.176. The van der Waals surface area contributed by atoms with Crippen LogP contribution in [0.2, 0.25) is 0 Å². The summed E-state index contributed by atoms with van der Waals surface area (Å²) in [4.78, 5) is 23.4. The van der Waals surface area contributed by atoms with E-state index in [0.29, 0.717) is 11.1 Å². The molecule has 0 spiro atoms. The van der Waals surface area contributed by atoms with E-state index in [1.807, 2.05) is 25.1 Å². The van der Waals surface area contributed by atoms with Gasteiger partial charge in [0, 0.05) is 17.0 Å². The van der Waals surface area contributed by atoms with Gasteiger partial charge in [0.05, 0.1) is 6.26 Å². The highest BCUT2D eigenvalue weighted by molar-refractivity contribution is 5.86. The Bertz CT molecular complexity index is 858. The molecule has 0 atom stereocenters. The quantitative estimate of drug-likeness (QED) is 0.546. The van der Waals surface area contributed by atoms with Crippen LogP contribution in [-0.2, 0) is 17.8 Å². The minimum Gasteiger partial charge on any atom is -0.457 e. The number of esters is 1. The number of aryl methyl sites for hydroxylation is 1. The van der Waals surface area contributed by atoms with Crippen molar-refractivity contribution in [2.75, 3.05) is 0 Å². The Morgan fingerprint density at radius 3 is 2.82 bits per heavy atom. The van der Waals surface area contributed by atoms with Gasteiger partial charge in [0.15, 0.2) is 0 Å². The van der Waals surface area contributed by atoms with E-state index >= 15 is 0 Å². The Hall–Kier alpha value is -2.82. The van der Waals surface area contributed by atoms with Gasteiger partial charge in [-0.25, -0.2) is 9.59 Å². The molecule has 22 heavy (non-hydrogen) atoms. The van der Waals surface area contributed by atoms with Gasteiger partial charge < -0.3 is 13.6 Å². The first-order valence-corrected chi connectivity index (χ1v) is 6.93. The number of benzene rings is 1. The molecular formula is C17H14O5. The fourth-order valence-corrected chi connectivity index (χ4v) is 2.22. The van der Waals surface area contributed by atoms with E-state index in [4.69, 9.17) is 13.6 Å². The number of hydrogen-bond donors (Lipinski definition) is 0. The molecule has 2 heterocycles. The summed E-state index contributed by atoms with van der Waals surface area (Å²) in [6.07, 6.45) is 2.24. The average molecular weight is 298 g/mol. The van der Waals surface area contributed by atoms with Crippen LogP contribution in [0, 0.1) is 0 Å². The van der Waals surface area contributed by atoms with E-state index in [9.17, 15) is 9.59 Å². The number of carbonyl (C=O) groups excluding carboxylic acids is 1. The highest BCUT2D eigenvalue weighted by Gasteiger charge is 2.12. The summed E-state index contributed by atoms with van der Waals surface area (Å²) in [6.45, 7) is 2.00. The third-order valence-corrected chi connectivity index (χ3v) is 3.38. The monoisotopic (exact) mass is 298 g/mol. The van der Waals surface area contributed by atoms with Crippen LogP contribution in [0.4, 0.5) is 0 Å². The Labute approximate surface area is 126 Å². The molecule has 0 saturated heterocycles. The second kappa shape index (κ2) is 5.89. The van der Waals surface area contributed by atoms with Crippen molar-refractivity contribution < 1.29 is 18.4 Å². The van der Waals surface area contributed by atoms with Crippen molar-refractivity contribution in [2.24, 2.45) is 0 Å². The molecule has 5 nitrogen and oxygen atoms in total. The first kappa shape index (κ1) is 14.1. The number of carbonyl (C=O) groups is 1. The maximum atomic E-state index is 11.8. The molecule has 3 rings (SSSR count). The van der Waals surface area contributed by atoms with Crippen molar-refractivity contribution >= 4 is 16.9 Å². The summed E-state index contributed by atoms with van der Waals surface area (Å²) in [5.41, 5.74) is 1.70. The summed E-state index contributed by atoms with van der Waals surface area (Å²) >= 11 is 0. The van der Waals surface area contributed by atoms with Crippen LogP contribution in [-0.4, -0.2) is 5.97 Å². The lowest BCUT2D eigenvalue weighted by atomic mass is 10.1. The Balaban J connectivity index is 1.90. The van der Waals surface area contributed by atoms with Gasteiger partial charge in [0.1, 0.15) is 12.2 Å². The number of fused-ring (bicyclic) bond motifs is 1. The number of furan rings is 1. The molecule has 0 N–H and O–H groups in total. The highest BCUT2D eigenvalue weighted by Crippen LogP contribution is 2.20. The van der Waals surface area contributed by atoms with Crippen LogP contribution in [0.3, 0.4) is 0 Å². The third kappa shape index (κ3) is 2.79. The van der Waals surface area contributed by atoms with Crippen molar-refractivity contribution in [2.45, 2.75) is 20.0 Å². The van der Waals surface area contributed by atoms with E-state index in [-0.39, 0.29) is 12.4 Å². The first-order valence-electron chi connectivity index (χ1n) is 6.93. The lowest BCUT2D eigenvalue weighted by Gasteiger charge is -2.07. The normalized spacial score (nSPS) is 10.8. The molecule has 0 amide bonds. The van der Waals surface area contributed by atoms with Crippen molar-refractivity contribution in [1.29, 1.82) is 0 Å². The minimum absolute atomic E-state index is 0.0207. The molecule has 5 heteroatoms. The lowest BCUT2D eigenvalue weighted by molar-refractivity contribution is 0.0437. The van der Waals surface area contributed by atoms with Gasteiger partial charge in [-0.1, -0.05) is 19.1 Å². The zero-order valence-electron chi connectivity index (χ0n) is 12.0. The van der Waals surface area contributed by atoms with Gasteiger partial charge in [0.25, 0.3) is 0 Å². The van der Waals surface area contributed by atoms with Gasteiger partial charge in [0.2, 0.25) is 5.76 Å². The molecule has 0 fully saturated rings. The minimum atomic E-state index is -0.573. The Kier molecular flexibility index (Phi) is 3.78. The highest BCUT2D eigenvalue weighted by atomic mass is 16.5. The number of hydrogen-bond acceptors (Lipinski definition) is 5. The van der Waals surface area contributed by atoms with Crippen LogP contribution < -0.4 is 5.63 Å². The smallest absolute Gasteiger partial charge is 0.374 e. The molecule has 0 aliphatic rings. The van der Waals surface area contributed by atoms with Crippen LogP contribution in [0.1, 0.15) is 28.6 Å². The molecule has 0 bridgehead atoms. The lowest BCUT2D eigenvalue weighted by Crippen LogP contribution is -2.07. The molecule has 0 radical (unpaired) electrons. The third-order valence-electron chi connectivity index (χ3n) is 3.38. The topological polar surface area (TPSA) is 69.7 Å². The van der Waals surface area contributed by atoms with Crippen molar-refractivity contribution in [3.63, 3.8) is 0 Å². The molecule has 0 aliphatic heterocycles. The Morgan fingerprint density at radius 1 is 1.23 bits per heavy atom. The van der Waals surface area contributed by atoms with E-state index in [1.165, 1.54) is 18.4 Å². The maximum absolute atomic E-state index is 11.8. The summed E-state index contributed by atoms with van der Waals surface area (Å²) in [6, 6.07) is 10.1. The molecular weight excluding hydrogens is 284 g/mol. The van der Waals surface area contributed by atoms with E-state index < -0.39 is 11.6 Å². The maximum Gasteiger partial charge on any atom is 0.374 e. The van der Waals surface area contributed by atoms with Gasteiger partial charge in [-0.2, -0.15) is 0 Å². The number of rotatable bonds is 4. The first-order chi connectivity index (χ1) is 10.7. The fourth-order valence-electron chi connectivity index (χ4n) is 2.22. The summed E-state index contributed by atoms with van der Waals surface area (Å²) in [7, 11) is 0. The van der Waals surface area contributed by atoms with E-state index in [1.54, 1.807) is 6.07 Å². The molecule has 2 aromatic heterocycles. The predicted octanol–water partition coefficient (Wildman–Crippen LogP) is 3.31. The zero-order valence-corrected chi connectivity index (χ0v) is 12.0. The van der Waals surface area contributed by atoms with Crippen LogP contribution in [0.5, 0.6) is 0 Å². The predicted molar refractivity (Wildman–Crippen MR) is 79.7 cm³/mol. The average Bonchev–Trinajstić information content (AvgIpc) is 3.05. The SMILES string of the molecule is CCc1ccc2c(COC(=O)c3ccco3)cc(=O)oc2c1. The van der Waals surface area contributed by atoms with Crippen LogP contribution >= 0.6 is 0 Å². The molecule has 1 aromatic carbocycles. The molecule has 112 valence electrons. The van der Waals surface area contributed by atoms with Gasteiger partial charge in [-0.05, 0) is 30.2 Å². The van der Waals surface area contributed by atoms with E-state index in [0.717, 1.165) is 17.4 Å². The van der Waals surface area contributed by atoms with Gasteiger partial charge in [-0.3, -0.25) is 0 Å². The summed E-state index contributed by atoms with van der Waals surface area (Å²) in [5.74, 6) is -0.447. The largest absolute Gasteiger partial charge is 0.457 e. The van der Waals surface area contributed by atoms with Crippen molar-refractivity contribution in [3.8, 4) is 0 Å². The zero-order chi connectivity index (χ0) is 15.5. The molecule has 3 aromatic rings. The van der Waals surface area contributed by atoms with Gasteiger partial charge >= 0.3 is 11.6 Å². The van der Waals surface area contributed by atoms with Crippen LogP contribution in [0.25, 0.3) is 11.0 Å². The van der Waals surface area contributed by atoms with Gasteiger partial charge in [-0.15, -0.1) is 0 Å². The second-order valence-electron chi connectivity index (χ2n) is 4.83. The summed E-state index contributed by atoms with van der Waals surface area (Å²) < 4.78 is 15.4. The Morgan fingerprint density at radius 2 is 2.09 bits per heavy atom. The second-order valence-corrected chi connectivity index (χ2v) is 4.83. The number of ether oxygens (including phenoxy) is 1. The standard InChI is InChI=1S/C17H14O5/c1-2-11-5-6-13-12(9-16(18)22-15(13)8-11)10-21-17(19)14-4-3-7-20-14/h3-9H,2,10H2,1H3. The van der Waals surface area contributed by atoms with Crippen molar-refractivity contribution in [3.05, 3.63) is 70.0 Å². The van der Waals surface area contributed by atoms with Crippen molar-refractivity contribution in [1.82, 2.24) is 0 Å². The van der Waals surface area contributed by atoms with E-state index in [2.05, 4.69) is 0 Å². The molecule has 0 unspecified atom stereocenters. The molecule has 0 saturated carbocycles. The molecule has 0 aliphatic carbocycles. The van der Waals surface area contributed by atoms with Crippen LogP contribution in [0.15, 0.2) is 56.3 Å².